The second-order valence-electron chi connectivity index (χ2n) is 10.4. The average molecular weight is 444 g/mol. The summed E-state index contributed by atoms with van der Waals surface area (Å²) in [5, 5.41) is 4.41. The number of aromatic amines is 1. The number of nitrogens with one attached hydrogen (secondary N) is 1. The van der Waals surface area contributed by atoms with Crippen LogP contribution in [0.4, 0.5) is 5.82 Å². The van der Waals surface area contributed by atoms with E-state index in [0.29, 0.717) is 24.0 Å². The van der Waals surface area contributed by atoms with E-state index in [1.54, 1.807) is 6.33 Å². The van der Waals surface area contributed by atoms with Crippen LogP contribution in [0.15, 0.2) is 24.7 Å². The first kappa shape index (κ1) is 20.7. The molecule has 6 heterocycles. The predicted octanol–water partition coefficient (Wildman–Crippen LogP) is 4.68. The van der Waals surface area contributed by atoms with E-state index in [1.807, 2.05) is 4.52 Å². The zero-order valence-electron chi connectivity index (χ0n) is 20.4. The first-order valence-corrected chi connectivity index (χ1v) is 12.2. The SMILES string of the molecule is Cc1c(-c2[nH]c3ccc(N4C[C@H]5C[C@@H]4CN5C(C)C)nc3c2C(C)C)cn2ncnc2c1C. The van der Waals surface area contributed by atoms with Crippen molar-refractivity contribution in [3.05, 3.63) is 41.3 Å². The van der Waals surface area contributed by atoms with Gasteiger partial charge in [-0.3, -0.25) is 4.90 Å². The van der Waals surface area contributed by atoms with Gasteiger partial charge in [0.1, 0.15) is 12.1 Å². The van der Waals surface area contributed by atoms with Gasteiger partial charge in [-0.05, 0) is 63.3 Å². The molecule has 7 nitrogen and oxygen atoms in total. The molecule has 2 saturated heterocycles. The van der Waals surface area contributed by atoms with Crippen LogP contribution in [0.5, 0.6) is 0 Å². The Hall–Kier alpha value is -2.93. The molecule has 0 radical (unpaired) electrons. The summed E-state index contributed by atoms with van der Waals surface area (Å²) in [4.78, 5) is 18.6. The van der Waals surface area contributed by atoms with Gasteiger partial charge in [0.25, 0.3) is 0 Å². The van der Waals surface area contributed by atoms with Gasteiger partial charge in [-0.1, -0.05) is 13.8 Å². The van der Waals surface area contributed by atoms with E-state index in [-0.39, 0.29) is 0 Å². The van der Waals surface area contributed by atoms with Crippen molar-refractivity contribution in [2.24, 2.45) is 0 Å². The summed E-state index contributed by atoms with van der Waals surface area (Å²) in [5.74, 6) is 1.46. The highest BCUT2D eigenvalue weighted by Gasteiger charge is 2.44. The maximum Gasteiger partial charge on any atom is 0.158 e. The molecule has 172 valence electrons. The number of fused-ring (bicyclic) bond motifs is 4. The number of hydrogen-bond donors (Lipinski definition) is 1. The van der Waals surface area contributed by atoms with Crippen LogP contribution in [0.2, 0.25) is 0 Å². The lowest BCUT2D eigenvalue weighted by Crippen LogP contribution is -2.49. The molecule has 0 amide bonds. The molecule has 2 atom stereocenters. The van der Waals surface area contributed by atoms with Crippen molar-refractivity contribution in [3.63, 3.8) is 0 Å². The van der Waals surface area contributed by atoms with Crippen LogP contribution in [-0.2, 0) is 0 Å². The largest absolute Gasteiger partial charge is 0.353 e. The minimum absolute atomic E-state index is 0.342. The van der Waals surface area contributed by atoms with E-state index in [2.05, 4.69) is 84.7 Å². The fourth-order valence-electron chi connectivity index (χ4n) is 6.07. The molecule has 2 bridgehead atoms. The van der Waals surface area contributed by atoms with E-state index in [9.17, 15) is 0 Å². The molecule has 33 heavy (non-hydrogen) atoms. The van der Waals surface area contributed by atoms with Crippen LogP contribution in [0.3, 0.4) is 0 Å². The standard InChI is InChI=1S/C26H33N7/c1-14(2)23-24(20-12-33-26(27-13-28-33)17(6)16(20)5)29-21-7-8-22(30-25(21)23)32-11-18-9-19(32)10-31(18)15(3)4/h7-8,12-15,18-19,29H,9-11H2,1-6H3/t18-,19-/m1/s1. The minimum atomic E-state index is 0.342. The van der Waals surface area contributed by atoms with Crippen LogP contribution in [-0.4, -0.2) is 60.7 Å². The summed E-state index contributed by atoms with van der Waals surface area (Å²) in [6, 6.07) is 6.26. The van der Waals surface area contributed by atoms with Crippen molar-refractivity contribution in [2.45, 2.75) is 72.0 Å². The molecule has 0 spiro atoms. The van der Waals surface area contributed by atoms with Gasteiger partial charge in [0, 0.05) is 48.5 Å². The number of pyridine rings is 2. The monoisotopic (exact) mass is 443 g/mol. The van der Waals surface area contributed by atoms with E-state index in [4.69, 9.17) is 4.98 Å². The van der Waals surface area contributed by atoms with Gasteiger partial charge in [-0.15, -0.1) is 0 Å². The molecule has 0 unspecified atom stereocenters. The van der Waals surface area contributed by atoms with Crippen LogP contribution in [0.25, 0.3) is 27.9 Å². The number of nitrogens with zero attached hydrogens (tertiary/aromatic N) is 6. The third-order valence-corrected chi connectivity index (χ3v) is 7.88. The maximum atomic E-state index is 5.26. The van der Waals surface area contributed by atoms with Crippen LogP contribution in [0, 0.1) is 13.8 Å². The van der Waals surface area contributed by atoms with Gasteiger partial charge in [-0.25, -0.2) is 14.5 Å². The first-order chi connectivity index (χ1) is 15.8. The fourth-order valence-corrected chi connectivity index (χ4v) is 6.07. The predicted molar refractivity (Wildman–Crippen MR) is 133 cm³/mol. The highest BCUT2D eigenvalue weighted by Crippen LogP contribution is 2.40. The number of likely N-dealkylation sites (tertiary alicyclic amines) is 1. The van der Waals surface area contributed by atoms with Gasteiger partial charge in [0.2, 0.25) is 0 Å². The fraction of sp³-hybridized carbons (Fsp3) is 0.500. The topological polar surface area (TPSA) is 65.4 Å². The van der Waals surface area contributed by atoms with Gasteiger partial charge in [0.15, 0.2) is 5.65 Å². The Labute approximate surface area is 194 Å². The van der Waals surface area contributed by atoms with Crippen LogP contribution < -0.4 is 4.90 Å². The van der Waals surface area contributed by atoms with E-state index >= 15 is 0 Å². The molecule has 1 N–H and O–H groups in total. The Morgan fingerprint density at radius 1 is 1.03 bits per heavy atom. The number of aryl methyl sites for hydroxylation is 1. The highest BCUT2D eigenvalue weighted by atomic mass is 15.4. The van der Waals surface area contributed by atoms with E-state index in [1.165, 1.54) is 23.1 Å². The molecule has 0 aliphatic carbocycles. The molecular weight excluding hydrogens is 410 g/mol. The lowest BCUT2D eigenvalue weighted by Gasteiger charge is -2.37. The zero-order chi connectivity index (χ0) is 23.0. The Morgan fingerprint density at radius 3 is 2.55 bits per heavy atom. The maximum absolute atomic E-state index is 5.26. The number of aromatic nitrogens is 5. The van der Waals surface area contributed by atoms with Gasteiger partial charge in [0.05, 0.1) is 16.7 Å². The summed E-state index contributed by atoms with van der Waals surface area (Å²) in [5.41, 5.74) is 9.10. The molecule has 0 aromatic carbocycles. The minimum Gasteiger partial charge on any atom is -0.353 e. The van der Waals surface area contributed by atoms with Crippen LogP contribution in [0.1, 0.15) is 56.7 Å². The highest BCUT2D eigenvalue weighted by molar-refractivity contribution is 5.90. The Bertz CT molecular complexity index is 1360. The Kier molecular flexibility index (Phi) is 4.56. The van der Waals surface area contributed by atoms with Gasteiger partial charge in [-0.2, -0.15) is 5.10 Å². The number of H-pyrrole nitrogens is 1. The molecule has 2 fully saturated rings. The number of anilines is 1. The summed E-state index contributed by atoms with van der Waals surface area (Å²) in [6.07, 6.45) is 4.98. The van der Waals surface area contributed by atoms with Crippen molar-refractivity contribution in [1.82, 2.24) is 29.5 Å². The summed E-state index contributed by atoms with van der Waals surface area (Å²) in [7, 11) is 0. The summed E-state index contributed by atoms with van der Waals surface area (Å²) in [6.45, 7) is 15.7. The van der Waals surface area contributed by atoms with Crippen molar-refractivity contribution >= 4 is 22.5 Å². The van der Waals surface area contributed by atoms with E-state index in [0.717, 1.165) is 46.8 Å². The first-order valence-electron chi connectivity index (χ1n) is 12.2. The zero-order valence-corrected chi connectivity index (χ0v) is 20.4. The van der Waals surface area contributed by atoms with Gasteiger partial charge < -0.3 is 9.88 Å². The summed E-state index contributed by atoms with van der Waals surface area (Å²) < 4.78 is 1.88. The Morgan fingerprint density at radius 2 is 1.85 bits per heavy atom. The quantitative estimate of drug-likeness (QED) is 0.496. The number of hydrogen-bond acceptors (Lipinski definition) is 5. The lowest BCUT2D eigenvalue weighted by atomic mass is 9.95. The second-order valence-corrected chi connectivity index (χ2v) is 10.4. The normalized spacial score (nSPS) is 21.0. The molecule has 2 aliphatic rings. The third-order valence-electron chi connectivity index (χ3n) is 7.88. The Balaban J connectivity index is 1.46. The molecule has 4 aromatic rings. The van der Waals surface area contributed by atoms with Crippen molar-refractivity contribution < 1.29 is 0 Å². The number of piperazine rings is 1. The lowest BCUT2D eigenvalue weighted by molar-refractivity contribution is 0.191. The average Bonchev–Trinajstić information content (AvgIpc) is 3.56. The third kappa shape index (κ3) is 3.01. The summed E-state index contributed by atoms with van der Waals surface area (Å²) >= 11 is 0. The van der Waals surface area contributed by atoms with Gasteiger partial charge >= 0.3 is 0 Å². The number of rotatable bonds is 4. The molecule has 6 rings (SSSR count). The van der Waals surface area contributed by atoms with Crippen molar-refractivity contribution in [1.29, 1.82) is 0 Å². The smallest absolute Gasteiger partial charge is 0.158 e. The van der Waals surface area contributed by atoms with E-state index < -0.39 is 0 Å². The molecule has 0 saturated carbocycles. The van der Waals surface area contributed by atoms with Crippen LogP contribution >= 0.6 is 0 Å². The van der Waals surface area contributed by atoms with Crippen molar-refractivity contribution in [3.8, 4) is 11.3 Å². The second kappa shape index (κ2) is 7.29. The van der Waals surface area contributed by atoms with Crippen molar-refractivity contribution in [2.75, 3.05) is 18.0 Å². The molecule has 4 aromatic heterocycles. The molecular formula is C26H33N7. The molecule has 7 heteroatoms. The molecule has 2 aliphatic heterocycles.